The van der Waals surface area contributed by atoms with E-state index >= 15 is 0 Å². The molecule has 1 unspecified atom stereocenters. The number of carbonyl (C=O) groups is 1. The number of nitrogens with zero attached hydrogens (tertiary/aromatic N) is 1. The van der Waals surface area contributed by atoms with Gasteiger partial charge in [-0.2, -0.15) is 0 Å². The average molecular weight is 389 g/mol. The summed E-state index contributed by atoms with van der Waals surface area (Å²) in [5.41, 5.74) is 6.80. The summed E-state index contributed by atoms with van der Waals surface area (Å²) < 4.78 is 7.08. The second-order valence-electron chi connectivity index (χ2n) is 4.94. The summed E-state index contributed by atoms with van der Waals surface area (Å²) in [5, 5.41) is 1.54. The average Bonchev–Trinajstić information content (AvgIpc) is 2.53. The van der Waals surface area contributed by atoms with Gasteiger partial charge in [0.15, 0.2) is 0 Å². The molecule has 0 fully saturated rings. The predicted molar refractivity (Wildman–Crippen MR) is 94.7 cm³/mol. The van der Waals surface area contributed by atoms with Crippen molar-refractivity contribution in [2.24, 2.45) is 5.73 Å². The van der Waals surface area contributed by atoms with Gasteiger partial charge in [-0.15, -0.1) is 0 Å². The molecule has 23 heavy (non-hydrogen) atoms. The molecule has 1 amide bonds. The molecule has 3 rings (SSSR count). The van der Waals surface area contributed by atoms with Gasteiger partial charge in [-0.25, -0.2) is 0 Å². The Morgan fingerprint density at radius 1 is 1.22 bits per heavy atom. The molecule has 1 heterocycles. The summed E-state index contributed by atoms with van der Waals surface area (Å²) in [6.07, 6.45) is 0. The van der Waals surface area contributed by atoms with Gasteiger partial charge in [-0.3, -0.25) is 0 Å². The molecule has 1 atom stereocenters. The molecule has 0 saturated heterocycles. The number of nitrogens with two attached hydrogens (primary N) is 1. The van der Waals surface area contributed by atoms with Crippen molar-refractivity contribution >= 4 is 53.0 Å². The van der Waals surface area contributed by atoms with E-state index in [0.29, 0.717) is 10.6 Å². The Labute approximate surface area is 145 Å². The van der Waals surface area contributed by atoms with Crippen molar-refractivity contribution in [3.63, 3.8) is 0 Å². The zero-order valence-electron chi connectivity index (χ0n) is 12.3. The number of primary amides is 1. The third-order valence-corrected chi connectivity index (χ3v) is 6.17. The van der Waals surface area contributed by atoms with E-state index in [1.807, 2.05) is 42.5 Å². The number of amides is 1. The third-order valence-electron chi connectivity index (χ3n) is 3.38. The number of fused-ring (bicyclic) bond motifs is 1. The Morgan fingerprint density at radius 2 is 2.04 bits per heavy atom. The monoisotopic (exact) mass is 388 g/mol. The SMILES string of the molecule is COc1ccc2cc(C(N)=O)c([AsH]c3cccc(Cl)c3)nc2c1. The van der Waals surface area contributed by atoms with Crippen molar-refractivity contribution in [2.45, 2.75) is 0 Å². The van der Waals surface area contributed by atoms with E-state index < -0.39 is 21.7 Å². The molecule has 0 saturated carbocycles. The second-order valence-corrected chi connectivity index (χ2v) is 8.11. The van der Waals surface area contributed by atoms with Crippen molar-refractivity contribution in [3.05, 3.63) is 59.1 Å². The number of pyridine rings is 1. The summed E-state index contributed by atoms with van der Waals surface area (Å²) >= 11 is 5.21. The summed E-state index contributed by atoms with van der Waals surface area (Å²) in [6, 6.07) is 15.0. The van der Waals surface area contributed by atoms with Crippen LogP contribution < -0.4 is 19.3 Å². The Morgan fingerprint density at radius 3 is 2.74 bits per heavy atom. The first-order valence-corrected chi connectivity index (χ1v) is 9.35. The van der Waals surface area contributed by atoms with Gasteiger partial charge < -0.3 is 0 Å². The number of ether oxygens (including phenoxy) is 1. The van der Waals surface area contributed by atoms with Crippen LogP contribution in [-0.4, -0.2) is 33.8 Å². The van der Waals surface area contributed by atoms with Gasteiger partial charge in [0, 0.05) is 0 Å². The number of halogens is 1. The van der Waals surface area contributed by atoms with Crippen molar-refractivity contribution in [1.29, 1.82) is 0 Å². The Bertz CT molecular complexity index is 899. The maximum atomic E-state index is 11.8. The molecule has 116 valence electrons. The van der Waals surface area contributed by atoms with Crippen LogP contribution in [0.2, 0.25) is 5.02 Å². The maximum absolute atomic E-state index is 11.8. The van der Waals surface area contributed by atoms with Crippen LogP contribution in [-0.2, 0) is 0 Å². The minimum absolute atomic E-state index is 0.462. The molecule has 6 heteroatoms. The summed E-state index contributed by atoms with van der Waals surface area (Å²) in [7, 11) is 1.61. The minimum atomic E-state index is -0.826. The summed E-state index contributed by atoms with van der Waals surface area (Å²) in [5.74, 6) is 0.265. The molecule has 0 aliphatic carbocycles. The Kier molecular flexibility index (Phi) is 4.55. The standard InChI is InChI=1S/C17H14AsClN2O2/c1-23-13-6-5-10-7-14(17(20)22)16(21-15(10)9-13)18-11-3-2-4-12(19)8-11/h2-9,18H,1H3,(H2,20,22). The number of aromatic nitrogens is 1. The van der Waals surface area contributed by atoms with E-state index in [1.54, 1.807) is 13.2 Å². The molecular formula is C17H14AsClN2O2. The molecular weight excluding hydrogens is 375 g/mol. The molecule has 0 aliphatic heterocycles. The van der Waals surface area contributed by atoms with Crippen LogP contribution in [0.3, 0.4) is 0 Å². The first-order valence-electron chi connectivity index (χ1n) is 6.88. The molecule has 0 radical (unpaired) electrons. The summed E-state index contributed by atoms with van der Waals surface area (Å²) in [6.45, 7) is 0. The number of benzene rings is 2. The normalized spacial score (nSPS) is 11.2. The zero-order chi connectivity index (χ0) is 16.4. The quantitative estimate of drug-likeness (QED) is 0.687. The van der Waals surface area contributed by atoms with E-state index in [4.69, 9.17) is 22.1 Å². The van der Waals surface area contributed by atoms with Gasteiger partial charge >= 0.3 is 145 Å². The van der Waals surface area contributed by atoms with Crippen molar-refractivity contribution in [1.82, 2.24) is 4.98 Å². The van der Waals surface area contributed by atoms with Gasteiger partial charge in [-0.1, -0.05) is 0 Å². The Balaban J connectivity index is 2.12. The molecule has 2 N–H and O–H groups in total. The van der Waals surface area contributed by atoms with E-state index in [2.05, 4.69) is 4.98 Å². The zero-order valence-corrected chi connectivity index (χ0v) is 15.2. The number of hydrogen-bond acceptors (Lipinski definition) is 3. The van der Waals surface area contributed by atoms with Gasteiger partial charge in [0.1, 0.15) is 0 Å². The van der Waals surface area contributed by atoms with Gasteiger partial charge in [0.2, 0.25) is 0 Å². The van der Waals surface area contributed by atoms with E-state index in [0.717, 1.165) is 25.5 Å². The van der Waals surface area contributed by atoms with Gasteiger partial charge in [-0.05, 0) is 0 Å². The number of methoxy groups -OCH3 is 1. The number of carbonyl (C=O) groups excluding carboxylic acids is 1. The first kappa shape index (κ1) is 15.8. The topological polar surface area (TPSA) is 65.2 Å². The summed E-state index contributed by atoms with van der Waals surface area (Å²) in [4.78, 5) is 16.5. The molecule has 0 spiro atoms. The van der Waals surface area contributed by atoms with Crippen LogP contribution in [0.15, 0.2) is 48.5 Å². The predicted octanol–water partition coefficient (Wildman–Crippen LogP) is 1.38. The molecule has 2 aromatic carbocycles. The fraction of sp³-hybridized carbons (Fsp3) is 0.0588. The third kappa shape index (κ3) is 3.49. The van der Waals surface area contributed by atoms with Crippen LogP contribution in [0.25, 0.3) is 10.9 Å². The van der Waals surface area contributed by atoms with Gasteiger partial charge in [0.25, 0.3) is 0 Å². The number of hydrogen-bond donors (Lipinski definition) is 1. The van der Waals surface area contributed by atoms with Crippen LogP contribution >= 0.6 is 11.6 Å². The van der Waals surface area contributed by atoms with Crippen molar-refractivity contribution in [3.8, 4) is 5.75 Å². The van der Waals surface area contributed by atoms with Crippen LogP contribution in [0.1, 0.15) is 10.4 Å². The van der Waals surface area contributed by atoms with E-state index in [-0.39, 0.29) is 0 Å². The fourth-order valence-electron chi connectivity index (χ4n) is 2.26. The Hall–Kier alpha value is -2.03. The van der Waals surface area contributed by atoms with Crippen LogP contribution in [0.4, 0.5) is 0 Å². The van der Waals surface area contributed by atoms with Gasteiger partial charge in [0.05, 0.1) is 0 Å². The second kappa shape index (κ2) is 6.61. The molecule has 0 aliphatic rings. The van der Waals surface area contributed by atoms with Crippen LogP contribution in [0, 0.1) is 0 Å². The van der Waals surface area contributed by atoms with E-state index in [1.165, 1.54) is 0 Å². The number of rotatable bonds is 4. The molecule has 1 aromatic heterocycles. The fourth-order valence-corrected chi connectivity index (χ4v) is 5.13. The molecule has 0 bridgehead atoms. The van der Waals surface area contributed by atoms with Crippen molar-refractivity contribution < 1.29 is 9.53 Å². The molecule has 3 aromatic rings. The molecule has 4 nitrogen and oxygen atoms in total. The van der Waals surface area contributed by atoms with Crippen molar-refractivity contribution in [2.75, 3.05) is 7.11 Å². The first-order chi connectivity index (χ1) is 11.1. The van der Waals surface area contributed by atoms with Crippen LogP contribution in [0.5, 0.6) is 5.75 Å². The van der Waals surface area contributed by atoms with E-state index in [9.17, 15) is 4.79 Å².